The van der Waals surface area contributed by atoms with Crippen LogP contribution in [0.1, 0.15) is 49.9 Å². The lowest BCUT2D eigenvalue weighted by Gasteiger charge is -2.30. The number of hydrogen-bond acceptors (Lipinski definition) is 2. The highest BCUT2D eigenvalue weighted by atomic mass is 15.1. The molecule has 0 aliphatic heterocycles. The Bertz CT molecular complexity index is 3940. The van der Waals surface area contributed by atoms with Crippen LogP contribution in [0.4, 0.5) is 34.1 Å². The van der Waals surface area contributed by atoms with Crippen molar-refractivity contribution in [3.05, 3.63) is 289 Å². The SMILES string of the molecule is CC1(C)c2cc(N(c3ccc(-c4ccc(N(c5ccc(-c6ccccc6)cc5)c5ccc(-c6ccccc6)cc5)cc4)cc3)c3ccc4c(c3)C(C)(C)c3ccc5ccccc5c3-4)ccc2-c2c1ccc1ccccc21. The van der Waals surface area contributed by atoms with E-state index in [2.05, 4.69) is 304 Å². The molecule has 0 spiro atoms. The van der Waals surface area contributed by atoms with E-state index in [9.17, 15) is 0 Å². The van der Waals surface area contributed by atoms with Gasteiger partial charge in [-0.25, -0.2) is 0 Å². The minimum absolute atomic E-state index is 0.179. The quantitative estimate of drug-likeness (QED) is 0.142. The minimum Gasteiger partial charge on any atom is -0.311 e. The monoisotopic (exact) mass is 972 g/mol. The third-order valence-corrected chi connectivity index (χ3v) is 16.7. The second-order valence-corrected chi connectivity index (χ2v) is 21.7. The maximum absolute atomic E-state index is 2.48. The third kappa shape index (κ3) is 7.39. The van der Waals surface area contributed by atoms with Gasteiger partial charge in [0, 0.05) is 45.0 Å². The van der Waals surface area contributed by atoms with Crippen molar-refractivity contribution in [1.29, 1.82) is 0 Å². The Balaban J connectivity index is 0.845. The molecule has 14 rings (SSSR count). The van der Waals surface area contributed by atoms with Gasteiger partial charge in [-0.3, -0.25) is 0 Å². The molecule has 0 unspecified atom stereocenters. The van der Waals surface area contributed by atoms with Crippen molar-refractivity contribution in [2.24, 2.45) is 0 Å². The van der Waals surface area contributed by atoms with E-state index >= 15 is 0 Å². The molecule has 0 fully saturated rings. The Labute approximate surface area is 446 Å². The lowest BCUT2D eigenvalue weighted by Crippen LogP contribution is -2.18. The largest absolute Gasteiger partial charge is 0.311 e. The Morgan fingerprint density at radius 3 is 0.882 bits per heavy atom. The average molecular weight is 973 g/mol. The van der Waals surface area contributed by atoms with Crippen LogP contribution >= 0.6 is 0 Å². The topological polar surface area (TPSA) is 6.48 Å². The summed E-state index contributed by atoms with van der Waals surface area (Å²) in [4.78, 5) is 4.83. The molecule has 12 aromatic rings. The Hall–Kier alpha value is -9.24. The Morgan fingerprint density at radius 1 is 0.237 bits per heavy atom. The van der Waals surface area contributed by atoms with Crippen LogP contribution in [0.2, 0.25) is 0 Å². The van der Waals surface area contributed by atoms with Gasteiger partial charge in [-0.2, -0.15) is 0 Å². The van der Waals surface area contributed by atoms with E-state index in [1.165, 1.54) is 88.3 Å². The maximum atomic E-state index is 2.48. The van der Waals surface area contributed by atoms with Crippen molar-refractivity contribution in [1.82, 2.24) is 0 Å². The van der Waals surface area contributed by atoms with Gasteiger partial charge in [0.05, 0.1) is 0 Å². The standard InChI is InChI=1S/C74H56N2/c1-73(2)67-45-31-55-19-11-13-21-63(55)71(67)65-43-41-61(47-69(65)73)76(62-42-44-66-70(48-62)74(3,4)68-46-32-56-20-12-14-22-64(56)72(66)68)60-39-29-54(30-40-60)53-27-37-59(38-28-53)75(57-33-23-51(24-34-57)49-15-7-5-8-16-49)58-35-25-52(26-36-58)50-17-9-6-10-18-50/h5-48H,1-4H3. The van der Waals surface area contributed by atoms with Gasteiger partial charge in [-0.05, 0) is 172 Å². The van der Waals surface area contributed by atoms with E-state index in [1.807, 2.05) is 0 Å². The minimum atomic E-state index is -0.179. The first-order valence-corrected chi connectivity index (χ1v) is 26.7. The summed E-state index contributed by atoms with van der Waals surface area (Å²) in [6.07, 6.45) is 0. The zero-order valence-corrected chi connectivity index (χ0v) is 43.3. The molecule has 0 aromatic heterocycles. The molecule has 0 saturated heterocycles. The van der Waals surface area contributed by atoms with E-state index in [1.54, 1.807) is 0 Å². The lowest BCUT2D eigenvalue weighted by atomic mass is 9.81. The number of rotatable bonds is 9. The van der Waals surface area contributed by atoms with Crippen molar-refractivity contribution in [2.75, 3.05) is 9.80 Å². The fourth-order valence-electron chi connectivity index (χ4n) is 12.6. The first-order chi connectivity index (χ1) is 37.2. The van der Waals surface area contributed by atoms with Crippen molar-refractivity contribution in [3.8, 4) is 55.6 Å². The van der Waals surface area contributed by atoms with E-state index < -0.39 is 0 Å². The molecule has 362 valence electrons. The Kier molecular flexibility index (Phi) is 10.6. The maximum Gasteiger partial charge on any atom is 0.0465 e. The van der Waals surface area contributed by atoms with Crippen LogP contribution in [0.5, 0.6) is 0 Å². The van der Waals surface area contributed by atoms with Gasteiger partial charge in [0.1, 0.15) is 0 Å². The molecular weight excluding hydrogens is 917 g/mol. The van der Waals surface area contributed by atoms with Gasteiger partial charge in [-0.15, -0.1) is 0 Å². The fraction of sp³-hybridized carbons (Fsp3) is 0.0811. The molecular formula is C74H56N2. The normalized spacial score (nSPS) is 13.5. The zero-order chi connectivity index (χ0) is 51.1. The third-order valence-electron chi connectivity index (χ3n) is 16.7. The van der Waals surface area contributed by atoms with E-state index in [0.29, 0.717) is 0 Å². The lowest BCUT2D eigenvalue weighted by molar-refractivity contribution is 0.660. The van der Waals surface area contributed by atoms with Crippen LogP contribution in [0.15, 0.2) is 267 Å². The molecule has 0 radical (unpaired) electrons. The molecule has 0 N–H and O–H groups in total. The van der Waals surface area contributed by atoms with Crippen LogP contribution < -0.4 is 9.80 Å². The summed E-state index contributed by atoms with van der Waals surface area (Å²) < 4.78 is 0. The molecule has 2 heteroatoms. The molecule has 2 aliphatic carbocycles. The molecule has 0 bridgehead atoms. The van der Waals surface area contributed by atoms with Crippen molar-refractivity contribution in [3.63, 3.8) is 0 Å². The van der Waals surface area contributed by atoms with Crippen LogP contribution in [0.25, 0.3) is 77.2 Å². The van der Waals surface area contributed by atoms with Crippen LogP contribution in [0.3, 0.4) is 0 Å². The van der Waals surface area contributed by atoms with Crippen molar-refractivity contribution in [2.45, 2.75) is 38.5 Å². The molecule has 76 heavy (non-hydrogen) atoms. The average Bonchev–Trinajstić information content (AvgIpc) is 4.03. The van der Waals surface area contributed by atoms with Crippen LogP contribution in [-0.2, 0) is 10.8 Å². The summed E-state index contributed by atoms with van der Waals surface area (Å²) in [5.41, 5.74) is 24.3. The summed E-state index contributed by atoms with van der Waals surface area (Å²) in [5.74, 6) is 0. The second-order valence-electron chi connectivity index (χ2n) is 21.7. The molecule has 0 atom stereocenters. The summed E-state index contributed by atoms with van der Waals surface area (Å²) in [6.45, 7) is 9.57. The predicted molar refractivity (Wildman–Crippen MR) is 322 cm³/mol. The predicted octanol–water partition coefficient (Wildman–Crippen LogP) is 20.5. The number of anilines is 6. The van der Waals surface area contributed by atoms with Crippen LogP contribution in [0, 0.1) is 0 Å². The first kappa shape index (κ1) is 45.4. The summed E-state index contributed by atoms with van der Waals surface area (Å²) in [7, 11) is 0. The van der Waals surface area contributed by atoms with Gasteiger partial charge >= 0.3 is 0 Å². The van der Waals surface area contributed by atoms with Gasteiger partial charge in [0.15, 0.2) is 0 Å². The molecule has 0 saturated carbocycles. The first-order valence-electron chi connectivity index (χ1n) is 26.7. The van der Waals surface area contributed by atoms with Crippen molar-refractivity contribution < 1.29 is 0 Å². The van der Waals surface area contributed by atoms with E-state index in [-0.39, 0.29) is 10.8 Å². The second kappa shape index (κ2) is 17.7. The number of benzene rings is 12. The molecule has 2 nitrogen and oxygen atoms in total. The molecule has 0 amide bonds. The van der Waals surface area contributed by atoms with E-state index in [4.69, 9.17) is 0 Å². The van der Waals surface area contributed by atoms with Crippen molar-refractivity contribution >= 4 is 55.7 Å². The highest BCUT2D eigenvalue weighted by Crippen LogP contribution is 2.55. The van der Waals surface area contributed by atoms with E-state index in [0.717, 1.165) is 45.3 Å². The summed E-state index contributed by atoms with van der Waals surface area (Å²) in [6, 6.07) is 98.6. The Morgan fingerprint density at radius 2 is 0.526 bits per heavy atom. The van der Waals surface area contributed by atoms with Gasteiger partial charge in [0.2, 0.25) is 0 Å². The zero-order valence-electron chi connectivity index (χ0n) is 43.3. The molecule has 2 aliphatic rings. The molecule has 12 aromatic carbocycles. The number of hydrogen-bond donors (Lipinski definition) is 0. The highest BCUT2D eigenvalue weighted by Gasteiger charge is 2.39. The summed E-state index contributed by atoms with van der Waals surface area (Å²) >= 11 is 0. The molecule has 0 heterocycles. The van der Waals surface area contributed by atoms with Gasteiger partial charge in [0.25, 0.3) is 0 Å². The number of nitrogens with zero attached hydrogens (tertiary/aromatic N) is 2. The van der Waals surface area contributed by atoms with Gasteiger partial charge in [-0.1, -0.05) is 222 Å². The fourth-order valence-corrected chi connectivity index (χ4v) is 12.6. The summed E-state index contributed by atoms with van der Waals surface area (Å²) in [5, 5.41) is 5.19. The smallest absolute Gasteiger partial charge is 0.0465 e. The van der Waals surface area contributed by atoms with Crippen LogP contribution in [-0.4, -0.2) is 0 Å². The number of fused-ring (bicyclic) bond motifs is 10. The highest BCUT2D eigenvalue weighted by molar-refractivity contribution is 6.04. The van der Waals surface area contributed by atoms with Gasteiger partial charge < -0.3 is 9.80 Å².